The van der Waals surface area contributed by atoms with E-state index < -0.39 is 0 Å². The number of nitrogens with zero attached hydrogens (tertiary/aromatic N) is 3. The Hall–Kier alpha value is -3.12. The number of carbonyl (C=O) groups excluding carboxylic acids is 1. The fraction of sp³-hybridized carbons (Fsp3) is 0.333. The minimum atomic E-state index is -0.133. The number of nitrogens with two attached hydrogens (primary N) is 1. The number of amides is 1. The van der Waals surface area contributed by atoms with E-state index in [0.717, 1.165) is 50.1 Å². The predicted octanol–water partition coefficient (Wildman–Crippen LogP) is 3.92. The number of pyridine rings is 1. The molecule has 0 unspecified atom stereocenters. The number of aryl methyl sites for hydroxylation is 1. The van der Waals surface area contributed by atoms with Gasteiger partial charge in [-0.25, -0.2) is 4.98 Å². The molecule has 1 aliphatic heterocycles. The number of nitrogen functional groups attached to an aromatic ring is 1. The average Bonchev–Trinajstić information content (AvgIpc) is 3.31. The van der Waals surface area contributed by atoms with Crippen LogP contribution in [0, 0.1) is 6.92 Å². The summed E-state index contributed by atoms with van der Waals surface area (Å²) in [5.74, 6) is 0.892. The highest BCUT2D eigenvalue weighted by molar-refractivity contribution is 6.04. The van der Waals surface area contributed by atoms with Crippen LogP contribution in [0.25, 0.3) is 0 Å². The maximum Gasteiger partial charge on any atom is 0.295 e. The number of likely N-dealkylation sites (tertiary alicyclic amines) is 1. The van der Waals surface area contributed by atoms with Crippen LogP contribution >= 0.6 is 0 Å². The van der Waals surface area contributed by atoms with E-state index in [1.165, 1.54) is 11.8 Å². The van der Waals surface area contributed by atoms with Gasteiger partial charge in [0.25, 0.3) is 5.91 Å². The van der Waals surface area contributed by atoms with Gasteiger partial charge in [0, 0.05) is 37.6 Å². The molecule has 1 aromatic carbocycles. The van der Waals surface area contributed by atoms with Crippen molar-refractivity contribution in [2.75, 3.05) is 30.3 Å². The Morgan fingerprint density at radius 3 is 2.63 bits per heavy atom. The van der Waals surface area contributed by atoms with Gasteiger partial charge in [0.2, 0.25) is 0 Å². The summed E-state index contributed by atoms with van der Waals surface area (Å²) >= 11 is 0. The molecule has 0 radical (unpaired) electrons. The van der Waals surface area contributed by atoms with Gasteiger partial charge in [-0.2, -0.15) is 0 Å². The van der Waals surface area contributed by atoms with Crippen molar-refractivity contribution < 1.29 is 9.21 Å². The monoisotopic (exact) mass is 404 g/mol. The molecule has 3 aromatic rings. The molecule has 0 aliphatic carbocycles. The molecule has 156 valence electrons. The SMILES string of the molecule is Cc1ccc(N(C(=O)c2ccco2)C2CCN(CCc3ccccc3N)CC2)nc1. The number of furan rings is 1. The molecule has 4 rings (SSSR count). The summed E-state index contributed by atoms with van der Waals surface area (Å²) in [4.78, 5) is 22.0. The van der Waals surface area contributed by atoms with E-state index in [1.54, 1.807) is 18.3 Å². The molecule has 1 saturated heterocycles. The van der Waals surface area contributed by atoms with E-state index in [9.17, 15) is 4.79 Å². The first kappa shape index (κ1) is 20.2. The van der Waals surface area contributed by atoms with Crippen LogP contribution in [0.1, 0.15) is 34.5 Å². The normalized spacial score (nSPS) is 15.2. The first-order valence-corrected chi connectivity index (χ1v) is 10.5. The molecule has 1 amide bonds. The smallest absolute Gasteiger partial charge is 0.295 e. The number of para-hydroxylation sites is 1. The van der Waals surface area contributed by atoms with Crippen LogP contribution in [0.3, 0.4) is 0 Å². The van der Waals surface area contributed by atoms with E-state index in [-0.39, 0.29) is 11.9 Å². The van der Waals surface area contributed by atoms with Crippen molar-refractivity contribution >= 4 is 17.4 Å². The van der Waals surface area contributed by atoms with Gasteiger partial charge in [-0.1, -0.05) is 24.3 Å². The topological polar surface area (TPSA) is 75.6 Å². The van der Waals surface area contributed by atoms with Gasteiger partial charge in [-0.05, 0) is 61.6 Å². The van der Waals surface area contributed by atoms with Crippen molar-refractivity contribution in [2.45, 2.75) is 32.2 Å². The number of carbonyl (C=O) groups is 1. The standard InChI is InChI=1S/C24H28N4O2/c1-18-8-9-23(26-17-18)28(24(29)22-7-4-16-30-22)20-11-14-27(15-12-20)13-10-19-5-2-3-6-21(19)25/h2-9,16-17,20H,10-15,25H2,1H3. The molecule has 0 spiro atoms. The highest BCUT2D eigenvalue weighted by Crippen LogP contribution is 2.25. The Morgan fingerprint density at radius 1 is 1.17 bits per heavy atom. The zero-order valence-electron chi connectivity index (χ0n) is 17.3. The van der Waals surface area contributed by atoms with Crippen molar-refractivity contribution in [1.82, 2.24) is 9.88 Å². The largest absolute Gasteiger partial charge is 0.459 e. The number of benzene rings is 1. The Balaban J connectivity index is 1.43. The third-order valence-corrected chi connectivity index (χ3v) is 5.77. The zero-order chi connectivity index (χ0) is 20.9. The lowest BCUT2D eigenvalue weighted by Crippen LogP contribution is -2.48. The molecule has 6 heteroatoms. The summed E-state index contributed by atoms with van der Waals surface area (Å²) in [5, 5.41) is 0. The molecule has 1 aliphatic rings. The molecule has 0 saturated carbocycles. The molecule has 3 heterocycles. The van der Waals surface area contributed by atoms with E-state index in [1.807, 2.05) is 42.2 Å². The van der Waals surface area contributed by atoms with Gasteiger partial charge >= 0.3 is 0 Å². The number of hydrogen-bond donors (Lipinski definition) is 1. The van der Waals surface area contributed by atoms with Gasteiger partial charge < -0.3 is 15.1 Å². The minimum absolute atomic E-state index is 0.0934. The fourth-order valence-electron chi connectivity index (χ4n) is 4.02. The lowest BCUT2D eigenvalue weighted by Gasteiger charge is -2.37. The predicted molar refractivity (Wildman–Crippen MR) is 119 cm³/mol. The van der Waals surface area contributed by atoms with E-state index >= 15 is 0 Å². The third-order valence-electron chi connectivity index (χ3n) is 5.77. The van der Waals surface area contributed by atoms with E-state index in [4.69, 9.17) is 10.2 Å². The molecule has 0 bridgehead atoms. The van der Waals surface area contributed by atoms with Gasteiger partial charge in [0.1, 0.15) is 5.82 Å². The maximum absolute atomic E-state index is 13.2. The lowest BCUT2D eigenvalue weighted by atomic mass is 10.0. The second kappa shape index (κ2) is 9.13. The van der Waals surface area contributed by atoms with Gasteiger partial charge in [0.05, 0.1) is 6.26 Å². The number of hydrogen-bond acceptors (Lipinski definition) is 5. The molecule has 6 nitrogen and oxygen atoms in total. The summed E-state index contributed by atoms with van der Waals surface area (Å²) in [7, 11) is 0. The first-order valence-electron chi connectivity index (χ1n) is 10.5. The molecular formula is C24H28N4O2. The number of anilines is 2. The maximum atomic E-state index is 13.2. The van der Waals surface area contributed by atoms with Gasteiger partial charge in [0.15, 0.2) is 5.76 Å². The highest BCUT2D eigenvalue weighted by Gasteiger charge is 2.31. The minimum Gasteiger partial charge on any atom is -0.459 e. The molecular weight excluding hydrogens is 376 g/mol. The molecule has 0 atom stereocenters. The van der Waals surface area contributed by atoms with Gasteiger partial charge in [-0.15, -0.1) is 0 Å². The zero-order valence-corrected chi connectivity index (χ0v) is 17.3. The first-order chi connectivity index (χ1) is 14.6. The summed E-state index contributed by atoms with van der Waals surface area (Å²) in [5.41, 5.74) is 9.19. The summed E-state index contributed by atoms with van der Waals surface area (Å²) in [6.45, 7) is 4.83. The molecule has 30 heavy (non-hydrogen) atoms. The fourth-order valence-corrected chi connectivity index (χ4v) is 4.02. The third kappa shape index (κ3) is 4.54. The van der Waals surface area contributed by atoms with Crippen LogP contribution in [0.2, 0.25) is 0 Å². The summed E-state index contributed by atoms with van der Waals surface area (Å²) in [6.07, 6.45) is 6.06. The van der Waals surface area contributed by atoms with E-state index in [0.29, 0.717) is 11.6 Å². The van der Waals surface area contributed by atoms with Crippen LogP contribution in [-0.2, 0) is 6.42 Å². The van der Waals surface area contributed by atoms with Crippen molar-refractivity contribution in [3.8, 4) is 0 Å². The summed E-state index contributed by atoms with van der Waals surface area (Å²) in [6, 6.07) is 15.5. The van der Waals surface area contributed by atoms with Crippen LogP contribution in [0.5, 0.6) is 0 Å². The lowest BCUT2D eigenvalue weighted by molar-refractivity contribution is 0.0932. The van der Waals surface area contributed by atoms with Crippen LogP contribution in [0.4, 0.5) is 11.5 Å². The molecule has 1 fully saturated rings. The number of rotatable bonds is 6. The van der Waals surface area contributed by atoms with E-state index in [2.05, 4.69) is 16.0 Å². The highest BCUT2D eigenvalue weighted by atomic mass is 16.3. The number of piperidine rings is 1. The second-order valence-corrected chi connectivity index (χ2v) is 7.87. The molecule has 2 aromatic heterocycles. The van der Waals surface area contributed by atoms with Gasteiger partial charge in [-0.3, -0.25) is 9.69 Å². The van der Waals surface area contributed by atoms with Crippen LogP contribution in [0.15, 0.2) is 65.4 Å². The average molecular weight is 405 g/mol. The Kier molecular flexibility index (Phi) is 6.14. The van der Waals surface area contributed by atoms with Crippen molar-refractivity contribution in [2.24, 2.45) is 0 Å². The second-order valence-electron chi connectivity index (χ2n) is 7.87. The Labute approximate surface area is 177 Å². The molecule has 2 N–H and O–H groups in total. The Morgan fingerprint density at radius 2 is 1.97 bits per heavy atom. The van der Waals surface area contributed by atoms with Crippen molar-refractivity contribution in [1.29, 1.82) is 0 Å². The summed E-state index contributed by atoms with van der Waals surface area (Å²) < 4.78 is 5.39. The number of aromatic nitrogens is 1. The van der Waals surface area contributed by atoms with Crippen molar-refractivity contribution in [3.63, 3.8) is 0 Å². The van der Waals surface area contributed by atoms with Crippen LogP contribution < -0.4 is 10.6 Å². The van der Waals surface area contributed by atoms with Crippen molar-refractivity contribution in [3.05, 3.63) is 77.9 Å². The Bertz CT molecular complexity index is 961. The van der Waals surface area contributed by atoms with Crippen LogP contribution in [-0.4, -0.2) is 41.5 Å². The quantitative estimate of drug-likeness (QED) is 0.630.